The molecule has 0 radical (unpaired) electrons. The number of benzene rings is 1. The Morgan fingerprint density at radius 1 is 1.30 bits per heavy atom. The summed E-state index contributed by atoms with van der Waals surface area (Å²) in [6.45, 7) is 5.35. The van der Waals surface area contributed by atoms with E-state index in [4.69, 9.17) is 11.6 Å². The van der Waals surface area contributed by atoms with Crippen LogP contribution in [0.4, 0.5) is 5.69 Å². The van der Waals surface area contributed by atoms with Crippen molar-refractivity contribution in [3.05, 3.63) is 52.6 Å². The van der Waals surface area contributed by atoms with Gasteiger partial charge in [0.2, 0.25) is 0 Å². The summed E-state index contributed by atoms with van der Waals surface area (Å²) >= 11 is 5.92. The molecule has 1 amide bonds. The van der Waals surface area contributed by atoms with Gasteiger partial charge in [0, 0.05) is 36.0 Å². The Hall–Kier alpha value is -2.14. The van der Waals surface area contributed by atoms with Gasteiger partial charge in [-0.25, -0.2) is 9.97 Å². The zero-order chi connectivity index (χ0) is 16.4. The molecule has 3 rings (SSSR count). The predicted molar refractivity (Wildman–Crippen MR) is 91.0 cm³/mol. The lowest BCUT2D eigenvalue weighted by atomic mass is 10.2. The number of nitrogens with zero attached hydrogens (tertiary/aromatic N) is 3. The molecule has 23 heavy (non-hydrogen) atoms. The van der Waals surface area contributed by atoms with Crippen molar-refractivity contribution < 1.29 is 4.79 Å². The van der Waals surface area contributed by atoms with E-state index in [2.05, 4.69) is 20.2 Å². The van der Waals surface area contributed by atoms with E-state index in [1.807, 2.05) is 38.1 Å². The third-order valence-corrected chi connectivity index (χ3v) is 4.31. The molecule has 1 N–H and O–H groups in total. The molecule has 1 aromatic heterocycles. The standard InChI is InChI=1S/C17H19ClN4O/c1-11-16(9-19-12(2)20-11)17(23)21-14-7-8-22(10-14)15-5-3-13(18)4-6-15/h3-6,9,14H,7-8,10H2,1-2H3,(H,21,23). The summed E-state index contributed by atoms with van der Waals surface area (Å²) in [7, 11) is 0. The summed E-state index contributed by atoms with van der Waals surface area (Å²) in [5.74, 6) is 0.569. The number of halogens is 1. The van der Waals surface area contributed by atoms with Crippen LogP contribution < -0.4 is 10.2 Å². The summed E-state index contributed by atoms with van der Waals surface area (Å²) in [5.41, 5.74) is 2.38. The number of anilines is 1. The fraction of sp³-hybridized carbons (Fsp3) is 0.353. The number of hydrogen-bond donors (Lipinski definition) is 1. The maximum absolute atomic E-state index is 12.4. The molecular formula is C17H19ClN4O. The topological polar surface area (TPSA) is 58.1 Å². The van der Waals surface area contributed by atoms with Gasteiger partial charge in [-0.1, -0.05) is 11.6 Å². The predicted octanol–water partition coefficient (Wildman–Crippen LogP) is 2.76. The molecule has 1 aliphatic rings. The second kappa shape index (κ2) is 6.54. The normalized spacial score (nSPS) is 17.3. The first-order valence-corrected chi connectivity index (χ1v) is 8.02. The number of amides is 1. The second-order valence-corrected chi connectivity index (χ2v) is 6.23. The van der Waals surface area contributed by atoms with E-state index >= 15 is 0 Å². The Morgan fingerprint density at radius 3 is 2.74 bits per heavy atom. The van der Waals surface area contributed by atoms with Crippen molar-refractivity contribution in [3.8, 4) is 0 Å². The molecule has 1 unspecified atom stereocenters. The smallest absolute Gasteiger partial charge is 0.254 e. The Balaban J connectivity index is 1.63. The fourth-order valence-corrected chi connectivity index (χ4v) is 2.96. The van der Waals surface area contributed by atoms with Crippen LogP contribution in [0.25, 0.3) is 0 Å². The highest BCUT2D eigenvalue weighted by molar-refractivity contribution is 6.30. The summed E-state index contributed by atoms with van der Waals surface area (Å²) in [6, 6.07) is 7.90. The lowest BCUT2D eigenvalue weighted by Gasteiger charge is -2.19. The van der Waals surface area contributed by atoms with E-state index in [1.54, 1.807) is 6.20 Å². The summed E-state index contributed by atoms with van der Waals surface area (Å²) < 4.78 is 0. The highest BCUT2D eigenvalue weighted by atomic mass is 35.5. The lowest BCUT2D eigenvalue weighted by molar-refractivity contribution is 0.0939. The van der Waals surface area contributed by atoms with Gasteiger partial charge < -0.3 is 10.2 Å². The van der Waals surface area contributed by atoms with Gasteiger partial charge in [-0.2, -0.15) is 0 Å². The van der Waals surface area contributed by atoms with Gasteiger partial charge in [-0.05, 0) is 44.5 Å². The van der Waals surface area contributed by atoms with Crippen molar-refractivity contribution in [1.29, 1.82) is 0 Å². The van der Waals surface area contributed by atoms with Crippen molar-refractivity contribution in [2.24, 2.45) is 0 Å². The van der Waals surface area contributed by atoms with Gasteiger partial charge in [-0.15, -0.1) is 0 Å². The molecule has 1 fully saturated rings. The van der Waals surface area contributed by atoms with Gasteiger partial charge >= 0.3 is 0 Å². The third kappa shape index (κ3) is 3.62. The molecule has 1 aromatic carbocycles. The lowest BCUT2D eigenvalue weighted by Crippen LogP contribution is -2.37. The van der Waals surface area contributed by atoms with Crippen molar-refractivity contribution >= 4 is 23.2 Å². The number of aromatic nitrogens is 2. The van der Waals surface area contributed by atoms with Crippen LogP contribution in [0, 0.1) is 13.8 Å². The number of nitrogens with one attached hydrogen (secondary N) is 1. The zero-order valence-electron chi connectivity index (χ0n) is 13.2. The minimum Gasteiger partial charge on any atom is -0.369 e. The zero-order valence-corrected chi connectivity index (χ0v) is 14.0. The van der Waals surface area contributed by atoms with Gasteiger partial charge in [0.25, 0.3) is 5.91 Å². The van der Waals surface area contributed by atoms with Crippen LogP contribution in [0.1, 0.15) is 28.3 Å². The fourth-order valence-electron chi connectivity index (χ4n) is 2.83. The number of hydrogen-bond acceptors (Lipinski definition) is 4. The van der Waals surface area contributed by atoms with E-state index in [0.29, 0.717) is 17.1 Å². The molecule has 120 valence electrons. The molecular weight excluding hydrogens is 312 g/mol. The number of aryl methyl sites for hydroxylation is 2. The monoisotopic (exact) mass is 330 g/mol. The summed E-state index contributed by atoms with van der Waals surface area (Å²) in [5, 5.41) is 3.81. The van der Waals surface area contributed by atoms with Crippen LogP contribution in [0.15, 0.2) is 30.5 Å². The molecule has 1 aliphatic heterocycles. The van der Waals surface area contributed by atoms with E-state index in [1.165, 1.54) is 0 Å². The summed E-state index contributed by atoms with van der Waals surface area (Å²) in [4.78, 5) is 23.0. The first-order chi connectivity index (χ1) is 11.0. The Labute approximate surface area is 140 Å². The molecule has 0 saturated carbocycles. The van der Waals surface area contributed by atoms with E-state index in [-0.39, 0.29) is 11.9 Å². The molecule has 1 atom stereocenters. The number of rotatable bonds is 3. The molecule has 0 bridgehead atoms. The average Bonchev–Trinajstić information content (AvgIpc) is 2.96. The average molecular weight is 331 g/mol. The third-order valence-electron chi connectivity index (χ3n) is 4.06. The molecule has 6 heteroatoms. The molecule has 5 nitrogen and oxygen atoms in total. The van der Waals surface area contributed by atoms with E-state index in [0.717, 1.165) is 30.2 Å². The molecule has 0 spiro atoms. The highest BCUT2D eigenvalue weighted by Gasteiger charge is 2.25. The van der Waals surface area contributed by atoms with Crippen molar-refractivity contribution in [2.75, 3.05) is 18.0 Å². The van der Waals surface area contributed by atoms with Crippen LogP contribution >= 0.6 is 11.6 Å². The minimum absolute atomic E-state index is 0.106. The van der Waals surface area contributed by atoms with E-state index in [9.17, 15) is 4.79 Å². The second-order valence-electron chi connectivity index (χ2n) is 5.80. The van der Waals surface area contributed by atoms with Gasteiger partial charge in [0.15, 0.2) is 0 Å². The number of carbonyl (C=O) groups is 1. The van der Waals surface area contributed by atoms with Crippen molar-refractivity contribution in [3.63, 3.8) is 0 Å². The maximum Gasteiger partial charge on any atom is 0.254 e. The van der Waals surface area contributed by atoms with Crippen LogP contribution in [0.3, 0.4) is 0 Å². The minimum atomic E-state index is -0.106. The summed E-state index contributed by atoms with van der Waals surface area (Å²) in [6.07, 6.45) is 2.51. The van der Waals surface area contributed by atoms with Crippen LogP contribution in [0.2, 0.25) is 5.02 Å². The Bertz CT molecular complexity index is 717. The van der Waals surface area contributed by atoms with Crippen molar-refractivity contribution in [1.82, 2.24) is 15.3 Å². The maximum atomic E-state index is 12.4. The molecule has 1 saturated heterocycles. The molecule has 0 aliphatic carbocycles. The van der Waals surface area contributed by atoms with Crippen LogP contribution in [-0.4, -0.2) is 35.0 Å². The van der Waals surface area contributed by atoms with Crippen LogP contribution in [0.5, 0.6) is 0 Å². The SMILES string of the molecule is Cc1ncc(C(=O)NC2CCN(c3ccc(Cl)cc3)C2)c(C)n1. The highest BCUT2D eigenvalue weighted by Crippen LogP contribution is 2.22. The van der Waals surface area contributed by atoms with Gasteiger partial charge in [-0.3, -0.25) is 4.79 Å². The van der Waals surface area contributed by atoms with Crippen LogP contribution in [-0.2, 0) is 0 Å². The number of carbonyl (C=O) groups excluding carboxylic acids is 1. The first-order valence-electron chi connectivity index (χ1n) is 7.64. The van der Waals surface area contributed by atoms with Crippen molar-refractivity contribution in [2.45, 2.75) is 26.3 Å². The quantitative estimate of drug-likeness (QED) is 0.940. The Kier molecular flexibility index (Phi) is 4.48. The molecule has 2 heterocycles. The van der Waals surface area contributed by atoms with E-state index < -0.39 is 0 Å². The Morgan fingerprint density at radius 2 is 2.04 bits per heavy atom. The van der Waals surface area contributed by atoms with Gasteiger partial charge in [0.05, 0.1) is 11.3 Å². The molecule has 2 aromatic rings. The first kappa shape index (κ1) is 15.7. The van der Waals surface area contributed by atoms with Gasteiger partial charge in [0.1, 0.15) is 5.82 Å². The largest absolute Gasteiger partial charge is 0.369 e.